The van der Waals surface area contributed by atoms with Gasteiger partial charge in [0.25, 0.3) is 0 Å². The Labute approximate surface area is 130 Å². The first kappa shape index (κ1) is 15.4. The molecule has 0 aliphatic rings. The largest absolute Gasteiger partial charge is 0.480 e. The molecule has 0 unspecified atom stereocenters. The van der Waals surface area contributed by atoms with Crippen molar-refractivity contribution < 1.29 is 9.66 Å². The quantitative estimate of drug-likeness (QED) is 0.639. The molecule has 0 atom stereocenters. The number of nitrogens with zero attached hydrogens (tertiary/aromatic N) is 2. The van der Waals surface area contributed by atoms with Gasteiger partial charge in [-0.2, -0.15) is 0 Å². The normalized spacial score (nSPS) is 10.4. The average molecular weight is 352 g/mol. The Morgan fingerprint density at radius 3 is 2.81 bits per heavy atom. The van der Waals surface area contributed by atoms with Gasteiger partial charge in [-0.3, -0.25) is 15.1 Å². The molecule has 2 aromatic rings. The molecule has 0 fully saturated rings. The van der Waals surface area contributed by atoms with Crippen LogP contribution < -0.4 is 10.1 Å². The van der Waals surface area contributed by atoms with E-state index in [1.165, 1.54) is 6.07 Å². The van der Waals surface area contributed by atoms with Gasteiger partial charge in [-0.05, 0) is 46.7 Å². The highest BCUT2D eigenvalue weighted by atomic mass is 79.9. The van der Waals surface area contributed by atoms with Crippen LogP contribution >= 0.6 is 15.9 Å². The smallest absolute Gasteiger partial charge is 0.310 e. The van der Waals surface area contributed by atoms with Gasteiger partial charge in [0.2, 0.25) is 0 Å². The van der Waals surface area contributed by atoms with Gasteiger partial charge in [0.15, 0.2) is 5.75 Å². The highest BCUT2D eigenvalue weighted by Gasteiger charge is 2.15. The van der Waals surface area contributed by atoms with Gasteiger partial charge >= 0.3 is 5.69 Å². The number of nitro groups is 1. The minimum Gasteiger partial charge on any atom is -0.480 e. The van der Waals surface area contributed by atoms with E-state index in [0.717, 1.165) is 10.0 Å². The van der Waals surface area contributed by atoms with Crippen molar-refractivity contribution in [2.24, 2.45) is 0 Å². The molecule has 21 heavy (non-hydrogen) atoms. The van der Waals surface area contributed by atoms with Crippen LogP contribution in [0.5, 0.6) is 5.75 Å². The van der Waals surface area contributed by atoms with Crippen LogP contribution in [0.3, 0.4) is 0 Å². The minimum atomic E-state index is -0.451. The Morgan fingerprint density at radius 2 is 2.19 bits per heavy atom. The van der Waals surface area contributed by atoms with E-state index in [4.69, 9.17) is 4.74 Å². The zero-order chi connectivity index (χ0) is 15.2. The third-order valence-corrected chi connectivity index (χ3v) is 3.24. The molecule has 1 heterocycles. The lowest BCUT2D eigenvalue weighted by atomic mass is 10.2. The van der Waals surface area contributed by atoms with Crippen molar-refractivity contribution >= 4 is 21.6 Å². The molecule has 1 aromatic heterocycles. The van der Waals surface area contributed by atoms with Crippen LogP contribution in [0.15, 0.2) is 41.0 Å². The summed E-state index contributed by atoms with van der Waals surface area (Å²) in [7, 11) is 1.81. The summed E-state index contributed by atoms with van der Waals surface area (Å²) >= 11 is 3.30. The molecule has 110 valence electrons. The number of nitro benzene ring substituents is 1. The van der Waals surface area contributed by atoms with Gasteiger partial charge in [-0.1, -0.05) is 6.07 Å². The van der Waals surface area contributed by atoms with Gasteiger partial charge in [0.05, 0.1) is 10.6 Å². The average Bonchev–Trinajstić information content (AvgIpc) is 2.47. The zero-order valence-corrected chi connectivity index (χ0v) is 13.0. The van der Waals surface area contributed by atoms with E-state index < -0.39 is 4.92 Å². The van der Waals surface area contributed by atoms with Crippen LogP contribution in [0.4, 0.5) is 5.69 Å². The summed E-state index contributed by atoms with van der Waals surface area (Å²) < 4.78 is 6.43. The first-order chi connectivity index (χ1) is 10.1. The number of ether oxygens (including phenoxy) is 1. The highest BCUT2D eigenvalue weighted by Crippen LogP contribution is 2.28. The van der Waals surface area contributed by atoms with Crippen molar-refractivity contribution in [2.75, 3.05) is 7.05 Å². The molecule has 1 aromatic carbocycles. The van der Waals surface area contributed by atoms with E-state index in [0.29, 0.717) is 12.2 Å². The fourth-order valence-corrected chi connectivity index (χ4v) is 2.02. The predicted molar refractivity (Wildman–Crippen MR) is 82.1 cm³/mol. The van der Waals surface area contributed by atoms with Crippen molar-refractivity contribution in [3.63, 3.8) is 0 Å². The fraction of sp³-hybridized carbons (Fsp3) is 0.214. The molecular weight excluding hydrogens is 338 g/mol. The second-order valence-electron chi connectivity index (χ2n) is 4.35. The summed E-state index contributed by atoms with van der Waals surface area (Å²) in [5.74, 6) is 0.248. The molecule has 0 aliphatic carbocycles. The maximum atomic E-state index is 11.0. The standard InChI is InChI=1S/C14H14BrN3O3/c1-16-7-10-2-5-13(18(19)20)14(6-10)21-9-12-4-3-11(15)8-17-12/h2-6,8,16H,7,9H2,1H3. The Balaban J connectivity index is 2.18. The number of aromatic nitrogens is 1. The minimum absolute atomic E-state index is 0.0491. The van der Waals surface area contributed by atoms with Gasteiger partial charge < -0.3 is 10.1 Å². The number of hydrogen-bond acceptors (Lipinski definition) is 5. The number of hydrogen-bond donors (Lipinski definition) is 1. The van der Waals surface area contributed by atoms with E-state index in [2.05, 4.69) is 26.2 Å². The summed E-state index contributed by atoms with van der Waals surface area (Å²) in [6.45, 7) is 0.794. The molecule has 0 bridgehead atoms. The molecule has 0 radical (unpaired) electrons. The monoisotopic (exact) mass is 351 g/mol. The number of halogens is 1. The molecule has 2 rings (SSSR count). The number of rotatable bonds is 6. The Hall–Kier alpha value is -1.99. The summed E-state index contributed by atoms with van der Waals surface area (Å²) in [5.41, 5.74) is 1.57. The molecule has 0 saturated carbocycles. The lowest BCUT2D eigenvalue weighted by Gasteiger charge is -2.08. The maximum Gasteiger partial charge on any atom is 0.310 e. The molecule has 6 nitrogen and oxygen atoms in total. The molecule has 7 heteroatoms. The van der Waals surface area contributed by atoms with E-state index in [1.54, 1.807) is 24.4 Å². The Morgan fingerprint density at radius 1 is 1.38 bits per heavy atom. The van der Waals surface area contributed by atoms with Crippen LogP contribution in [-0.2, 0) is 13.2 Å². The summed E-state index contributed by atoms with van der Waals surface area (Å²) in [4.78, 5) is 14.8. The first-order valence-electron chi connectivity index (χ1n) is 6.25. The van der Waals surface area contributed by atoms with Gasteiger partial charge in [-0.15, -0.1) is 0 Å². The Kier molecular flexibility index (Phi) is 5.24. The van der Waals surface area contributed by atoms with Crippen LogP contribution in [0, 0.1) is 10.1 Å². The summed E-state index contributed by atoms with van der Waals surface area (Å²) in [6, 6.07) is 8.48. The summed E-state index contributed by atoms with van der Waals surface area (Å²) in [6.07, 6.45) is 1.66. The van der Waals surface area contributed by atoms with Crippen molar-refractivity contribution in [3.05, 3.63) is 62.4 Å². The lowest BCUT2D eigenvalue weighted by molar-refractivity contribution is -0.386. The topological polar surface area (TPSA) is 77.3 Å². The van der Waals surface area contributed by atoms with Crippen molar-refractivity contribution in [2.45, 2.75) is 13.2 Å². The Bertz CT molecular complexity index is 632. The first-order valence-corrected chi connectivity index (χ1v) is 7.04. The lowest BCUT2D eigenvalue weighted by Crippen LogP contribution is -2.06. The third kappa shape index (κ3) is 4.24. The molecule has 1 N–H and O–H groups in total. The van der Waals surface area contributed by atoms with Crippen LogP contribution in [0.2, 0.25) is 0 Å². The van der Waals surface area contributed by atoms with Gasteiger partial charge in [0.1, 0.15) is 6.61 Å². The zero-order valence-electron chi connectivity index (χ0n) is 11.4. The van der Waals surface area contributed by atoms with E-state index in [-0.39, 0.29) is 18.0 Å². The SMILES string of the molecule is CNCc1ccc([N+](=O)[O-])c(OCc2ccc(Br)cn2)c1. The second-order valence-corrected chi connectivity index (χ2v) is 5.26. The summed E-state index contributed by atoms with van der Waals surface area (Å²) in [5, 5.41) is 14.0. The van der Waals surface area contributed by atoms with Gasteiger partial charge in [-0.25, -0.2) is 0 Å². The van der Waals surface area contributed by atoms with Crippen molar-refractivity contribution in [1.29, 1.82) is 0 Å². The molecule has 0 spiro atoms. The molecule has 0 amide bonds. The van der Waals surface area contributed by atoms with E-state index in [9.17, 15) is 10.1 Å². The molecule has 0 aliphatic heterocycles. The fourth-order valence-electron chi connectivity index (χ4n) is 1.78. The number of nitrogens with one attached hydrogen (secondary N) is 1. The predicted octanol–water partition coefficient (Wildman–Crippen LogP) is 3.05. The van der Waals surface area contributed by atoms with Crippen molar-refractivity contribution in [3.8, 4) is 5.75 Å². The van der Waals surface area contributed by atoms with E-state index >= 15 is 0 Å². The second kappa shape index (κ2) is 7.14. The number of pyridine rings is 1. The maximum absolute atomic E-state index is 11.0. The van der Waals surface area contributed by atoms with E-state index in [1.807, 2.05) is 13.1 Å². The highest BCUT2D eigenvalue weighted by molar-refractivity contribution is 9.10. The molecule has 0 saturated heterocycles. The third-order valence-electron chi connectivity index (χ3n) is 2.77. The van der Waals surface area contributed by atoms with Gasteiger partial charge in [0, 0.05) is 23.3 Å². The van der Waals surface area contributed by atoms with Crippen molar-refractivity contribution in [1.82, 2.24) is 10.3 Å². The van der Waals surface area contributed by atoms with Crippen LogP contribution in [0.25, 0.3) is 0 Å². The van der Waals surface area contributed by atoms with Crippen LogP contribution in [-0.4, -0.2) is 17.0 Å². The molecular formula is C14H14BrN3O3. The number of benzene rings is 1. The van der Waals surface area contributed by atoms with Crippen LogP contribution in [0.1, 0.15) is 11.3 Å².